The van der Waals surface area contributed by atoms with Gasteiger partial charge in [-0.3, -0.25) is 4.79 Å². The molecule has 3 rings (SSSR count). The van der Waals surface area contributed by atoms with Crippen molar-refractivity contribution in [1.82, 2.24) is 19.7 Å². The van der Waals surface area contributed by atoms with Gasteiger partial charge in [0, 0.05) is 23.6 Å². The van der Waals surface area contributed by atoms with E-state index in [1.165, 1.54) is 11.8 Å². The number of ether oxygens (including phenoxy) is 1. The zero-order valence-electron chi connectivity index (χ0n) is 16.7. The number of carbonyl (C=O) groups is 1. The average Bonchev–Trinajstić information content (AvgIpc) is 2.97. The van der Waals surface area contributed by atoms with E-state index in [-0.39, 0.29) is 11.2 Å². The summed E-state index contributed by atoms with van der Waals surface area (Å²) in [5.74, 6) is 1.01. The van der Waals surface area contributed by atoms with Crippen LogP contribution in [-0.2, 0) is 18.0 Å². The third-order valence-electron chi connectivity index (χ3n) is 4.37. The number of fused-ring (bicyclic) bond motifs is 1. The average molecular weight is 439 g/mol. The van der Waals surface area contributed by atoms with Gasteiger partial charge in [0.15, 0.2) is 16.9 Å². The molecule has 0 saturated heterocycles. The predicted octanol–water partition coefficient (Wildman–Crippen LogP) is 3.80. The van der Waals surface area contributed by atoms with Crippen molar-refractivity contribution in [2.24, 2.45) is 12.8 Å². The molecule has 0 unspecified atom stereocenters. The van der Waals surface area contributed by atoms with Gasteiger partial charge in [0.1, 0.15) is 17.1 Å². The number of halogens is 3. The number of imidazole rings is 1. The van der Waals surface area contributed by atoms with E-state index in [4.69, 9.17) is 10.5 Å². The molecule has 0 spiro atoms. The molecule has 2 N–H and O–H groups in total. The maximum atomic E-state index is 13.0. The molecule has 0 fully saturated rings. The predicted molar refractivity (Wildman–Crippen MR) is 107 cm³/mol. The van der Waals surface area contributed by atoms with Crippen LogP contribution < -0.4 is 10.5 Å². The van der Waals surface area contributed by atoms with Crippen molar-refractivity contribution < 1.29 is 22.7 Å². The minimum absolute atomic E-state index is 0.0949. The highest BCUT2D eigenvalue weighted by Crippen LogP contribution is 2.36. The summed E-state index contributed by atoms with van der Waals surface area (Å²) in [5.41, 5.74) is 4.10. The van der Waals surface area contributed by atoms with Crippen LogP contribution in [0, 0.1) is 0 Å². The zero-order chi connectivity index (χ0) is 22.3. The van der Waals surface area contributed by atoms with E-state index in [1.807, 2.05) is 6.92 Å². The van der Waals surface area contributed by atoms with Gasteiger partial charge in [-0.25, -0.2) is 4.98 Å². The lowest BCUT2D eigenvalue weighted by atomic mass is 10.1. The molecule has 11 heteroatoms. The largest absolute Gasteiger partial charge is 0.478 e. The van der Waals surface area contributed by atoms with Crippen LogP contribution >= 0.6 is 11.8 Å². The molecule has 0 bridgehead atoms. The van der Waals surface area contributed by atoms with Crippen molar-refractivity contribution in [3.05, 3.63) is 30.0 Å². The SMILES string of the molecule is CCSc1cc(OC(C)(C)C(N)=O)ccc1-c1nc2cc(C(F)(F)F)nnc2n1C. The highest BCUT2D eigenvalue weighted by Gasteiger charge is 2.34. The standard InChI is InChI=1S/C19H20F3N5O2S/c1-5-30-13-8-10(29-18(2,3)17(23)28)6-7-11(13)15-24-12-9-14(19(20,21)22)25-26-16(12)27(15)4/h6-9H,5H2,1-4H3,(H2,23,28). The van der Waals surface area contributed by atoms with Gasteiger partial charge in [0.25, 0.3) is 5.91 Å². The van der Waals surface area contributed by atoms with Crippen LogP contribution in [-0.4, -0.2) is 37.0 Å². The molecule has 0 atom stereocenters. The fraction of sp³-hybridized carbons (Fsp3) is 0.368. The summed E-state index contributed by atoms with van der Waals surface area (Å²) in [6.07, 6.45) is -4.60. The third kappa shape index (κ3) is 4.20. The first kappa shape index (κ1) is 21.9. The summed E-state index contributed by atoms with van der Waals surface area (Å²) >= 11 is 1.51. The van der Waals surface area contributed by atoms with Crippen molar-refractivity contribution in [2.45, 2.75) is 37.4 Å². The molecule has 0 aliphatic rings. The van der Waals surface area contributed by atoms with Gasteiger partial charge in [-0.15, -0.1) is 22.0 Å². The molecule has 2 heterocycles. The second-order valence-corrected chi connectivity index (χ2v) is 8.30. The lowest BCUT2D eigenvalue weighted by Crippen LogP contribution is -2.43. The zero-order valence-corrected chi connectivity index (χ0v) is 17.6. The van der Waals surface area contributed by atoms with Crippen LogP contribution in [0.15, 0.2) is 29.2 Å². The molecule has 0 saturated carbocycles. The van der Waals surface area contributed by atoms with Gasteiger partial charge in [-0.2, -0.15) is 13.2 Å². The number of aryl methyl sites for hydroxylation is 1. The van der Waals surface area contributed by atoms with Crippen molar-refractivity contribution in [3.8, 4) is 17.1 Å². The molecule has 2 aromatic heterocycles. The Morgan fingerprint density at radius 3 is 2.53 bits per heavy atom. The minimum Gasteiger partial charge on any atom is -0.478 e. The highest BCUT2D eigenvalue weighted by molar-refractivity contribution is 7.99. The number of thioether (sulfide) groups is 1. The quantitative estimate of drug-likeness (QED) is 0.587. The first-order chi connectivity index (χ1) is 13.9. The molecular weight excluding hydrogens is 419 g/mol. The number of nitrogens with two attached hydrogens (primary N) is 1. The second-order valence-electron chi connectivity index (χ2n) is 7.00. The fourth-order valence-corrected chi connectivity index (χ4v) is 3.56. The van der Waals surface area contributed by atoms with Crippen LogP contribution in [0.2, 0.25) is 0 Å². The first-order valence-electron chi connectivity index (χ1n) is 8.97. The van der Waals surface area contributed by atoms with Gasteiger partial charge in [0.05, 0.1) is 0 Å². The van der Waals surface area contributed by atoms with Gasteiger partial charge < -0.3 is 15.0 Å². The highest BCUT2D eigenvalue weighted by atomic mass is 32.2. The normalized spacial score (nSPS) is 12.4. The number of nitrogens with zero attached hydrogens (tertiary/aromatic N) is 4. The van der Waals surface area contributed by atoms with Crippen LogP contribution in [0.4, 0.5) is 13.2 Å². The van der Waals surface area contributed by atoms with Gasteiger partial charge in [-0.05, 0) is 37.8 Å². The molecule has 1 amide bonds. The molecule has 3 aromatic rings. The Hall–Kier alpha value is -2.82. The van der Waals surface area contributed by atoms with E-state index in [1.54, 1.807) is 43.7 Å². The Morgan fingerprint density at radius 1 is 1.23 bits per heavy atom. The Morgan fingerprint density at radius 2 is 1.93 bits per heavy atom. The monoisotopic (exact) mass is 439 g/mol. The molecule has 0 aliphatic heterocycles. The summed E-state index contributed by atoms with van der Waals surface area (Å²) in [6, 6.07) is 6.03. The Balaban J connectivity index is 2.09. The summed E-state index contributed by atoms with van der Waals surface area (Å²) in [5, 5.41) is 6.97. The number of amides is 1. The van der Waals surface area contributed by atoms with Crippen LogP contribution in [0.25, 0.3) is 22.6 Å². The Labute approximate surface area is 174 Å². The number of hydrogen-bond donors (Lipinski definition) is 1. The van der Waals surface area contributed by atoms with E-state index >= 15 is 0 Å². The number of aromatic nitrogens is 4. The van der Waals surface area contributed by atoms with E-state index in [0.29, 0.717) is 17.1 Å². The summed E-state index contributed by atoms with van der Waals surface area (Å²) in [6.45, 7) is 5.10. The van der Waals surface area contributed by atoms with Crippen molar-refractivity contribution in [1.29, 1.82) is 0 Å². The number of rotatable bonds is 6. The smallest absolute Gasteiger partial charge is 0.435 e. The van der Waals surface area contributed by atoms with E-state index < -0.39 is 23.4 Å². The summed E-state index contributed by atoms with van der Waals surface area (Å²) in [7, 11) is 1.66. The Bertz CT molecular complexity index is 1110. The van der Waals surface area contributed by atoms with Gasteiger partial charge >= 0.3 is 6.18 Å². The second kappa shape index (κ2) is 7.78. The maximum absolute atomic E-state index is 13.0. The van der Waals surface area contributed by atoms with Crippen LogP contribution in [0.1, 0.15) is 26.5 Å². The maximum Gasteiger partial charge on any atom is 0.435 e. The molecule has 0 aliphatic carbocycles. The fourth-order valence-electron chi connectivity index (χ4n) is 2.74. The van der Waals surface area contributed by atoms with E-state index in [0.717, 1.165) is 16.7 Å². The lowest BCUT2D eigenvalue weighted by Gasteiger charge is -2.23. The number of hydrogen-bond acceptors (Lipinski definition) is 6. The molecule has 1 aromatic carbocycles. The third-order valence-corrected chi connectivity index (χ3v) is 5.30. The lowest BCUT2D eigenvalue weighted by molar-refractivity contribution is -0.141. The summed E-state index contributed by atoms with van der Waals surface area (Å²) in [4.78, 5) is 16.7. The van der Waals surface area contributed by atoms with Crippen molar-refractivity contribution in [3.63, 3.8) is 0 Å². The van der Waals surface area contributed by atoms with E-state index in [9.17, 15) is 18.0 Å². The molecule has 7 nitrogen and oxygen atoms in total. The summed E-state index contributed by atoms with van der Waals surface area (Å²) < 4.78 is 46.2. The molecule has 160 valence electrons. The van der Waals surface area contributed by atoms with Crippen LogP contribution in [0.3, 0.4) is 0 Å². The molecular formula is C19H20F3N5O2S. The Kier molecular flexibility index (Phi) is 5.68. The first-order valence-corrected chi connectivity index (χ1v) is 9.96. The number of benzene rings is 1. The molecule has 30 heavy (non-hydrogen) atoms. The minimum atomic E-state index is -4.60. The van der Waals surface area contributed by atoms with Crippen LogP contribution in [0.5, 0.6) is 5.75 Å². The van der Waals surface area contributed by atoms with E-state index in [2.05, 4.69) is 15.2 Å². The molecule has 0 radical (unpaired) electrons. The number of primary amides is 1. The van der Waals surface area contributed by atoms with Crippen molar-refractivity contribution >= 4 is 28.8 Å². The van der Waals surface area contributed by atoms with Gasteiger partial charge in [-0.1, -0.05) is 6.92 Å². The van der Waals surface area contributed by atoms with Gasteiger partial charge in [0.2, 0.25) is 0 Å². The number of alkyl halides is 3. The van der Waals surface area contributed by atoms with Crippen molar-refractivity contribution in [2.75, 3.05) is 5.75 Å². The number of carbonyl (C=O) groups excluding carboxylic acids is 1. The topological polar surface area (TPSA) is 95.9 Å².